The second-order valence-corrected chi connectivity index (χ2v) is 6.00. The molecule has 6 heteroatoms. The average Bonchev–Trinajstić information content (AvgIpc) is 2.90. The Labute approximate surface area is 140 Å². The summed E-state index contributed by atoms with van der Waals surface area (Å²) in [5.74, 6) is -0.315. The minimum Gasteiger partial charge on any atom is -0.368 e. The molecular weight excluding hydrogens is 309 g/mol. The molecule has 5 nitrogen and oxygen atoms in total. The van der Waals surface area contributed by atoms with E-state index in [4.69, 9.17) is 0 Å². The summed E-state index contributed by atoms with van der Waals surface area (Å²) in [4.78, 5) is 27.7. The molecule has 0 unspecified atom stereocenters. The minimum atomic E-state index is -0.252. The predicted octanol–water partition coefficient (Wildman–Crippen LogP) is 2.25. The molecule has 0 aliphatic carbocycles. The molecule has 0 radical (unpaired) electrons. The molecule has 0 saturated carbocycles. The number of anilines is 1. The first-order valence-corrected chi connectivity index (χ1v) is 7.92. The van der Waals surface area contributed by atoms with Gasteiger partial charge in [0.25, 0.3) is 5.91 Å². The van der Waals surface area contributed by atoms with Gasteiger partial charge in [-0.05, 0) is 37.3 Å². The Kier molecular flexibility index (Phi) is 4.38. The number of hydrogen-bond acceptors (Lipinski definition) is 3. The number of aldehydes is 1. The molecule has 1 aromatic carbocycles. The van der Waals surface area contributed by atoms with E-state index < -0.39 is 0 Å². The SMILES string of the molecule is Cc1c(C=O)cc(C(=O)N2CCN(c3ccc(F)cc3)CC2)n1C. The molecule has 0 bridgehead atoms. The number of carbonyl (C=O) groups is 2. The van der Waals surface area contributed by atoms with Gasteiger partial charge in [0.2, 0.25) is 0 Å². The normalized spacial score (nSPS) is 14.8. The highest BCUT2D eigenvalue weighted by atomic mass is 19.1. The lowest BCUT2D eigenvalue weighted by Gasteiger charge is -2.36. The summed E-state index contributed by atoms with van der Waals surface area (Å²) in [5.41, 5.74) is 2.83. The van der Waals surface area contributed by atoms with Gasteiger partial charge in [-0.15, -0.1) is 0 Å². The monoisotopic (exact) mass is 329 g/mol. The van der Waals surface area contributed by atoms with E-state index in [1.807, 2.05) is 6.92 Å². The summed E-state index contributed by atoms with van der Waals surface area (Å²) >= 11 is 0. The van der Waals surface area contributed by atoms with E-state index in [-0.39, 0.29) is 11.7 Å². The average molecular weight is 329 g/mol. The van der Waals surface area contributed by atoms with Crippen molar-refractivity contribution in [3.8, 4) is 0 Å². The molecule has 2 aromatic rings. The van der Waals surface area contributed by atoms with Crippen LogP contribution in [0.5, 0.6) is 0 Å². The van der Waals surface area contributed by atoms with Gasteiger partial charge in [-0.3, -0.25) is 9.59 Å². The number of nitrogens with zero attached hydrogens (tertiary/aromatic N) is 3. The Morgan fingerprint density at radius 1 is 1.12 bits per heavy atom. The van der Waals surface area contributed by atoms with Crippen molar-refractivity contribution >= 4 is 17.9 Å². The van der Waals surface area contributed by atoms with Crippen molar-refractivity contribution in [2.75, 3.05) is 31.1 Å². The topological polar surface area (TPSA) is 45.6 Å². The standard InChI is InChI=1S/C18H20FN3O2/c1-13-14(12-23)11-17(20(13)2)18(24)22-9-7-21(8-10-22)16-5-3-15(19)4-6-16/h3-6,11-12H,7-10H2,1-2H3. The fourth-order valence-corrected chi connectivity index (χ4v) is 3.03. The fraction of sp³-hybridized carbons (Fsp3) is 0.333. The van der Waals surface area contributed by atoms with E-state index >= 15 is 0 Å². The Bertz CT molecular complexity index is 759. The van der Waals surface area contributed by atoms with Crippen LogP contribution in [0.3, 0.4) is 0 Å². The molecule has 1 aliphatic rings. The highest BCUT2D eigenvalue weighted by molar-refractivity contribution is 5.95. The first-order valence-electron chi connectivity index (χ1n) is 7.92. The van der Waals surface area contributed by atoms with Crippen LogP contribution in [0.2, 0.25) is 0 Å². The van der Waals surface area contributed by atoms with Gasteiger partial charge in [0.05, 0.1) is 0 Å². The van der Waals surface area contributed by atoms with E-state index in [2.05, 4.69) is 4.90 Å². The highest BCUT2D eigenvalue weighted by Gasteiger charge is 2.25. The Balaban J connectivity index is 1.69. The van der Waals surface area contributed by atoms with Gasteiger partial charge in [0.1, 0.15) is 11.5 Å². The zero-order chi connectivity index (χ0) is 17.3. The summed E-state index contributed by atoms with van der Waals surface area (Å²) < 4.78 is 14.8. The van der Waals surface area contributed by atoms with E-state index in [9.17, 15) is 14.0 Å². The number of benzene rings is 1. The van der Waals surface area contributed by atoms with Gasteiger partial charge in [-0.2, -0.15) is 0 Å². The predicted molar refractivity (Wildman–Crippen MR) is 90.1 cm³/mol. The zero-order valence-electron chi connectivity index (χ0n) is 13.8. The molecule has 0 N–H and O–H groups in total. The third kappa shape index (κ3) is 2.91. The van der Waals surface area contributed by atoms with Crippen LogP contribution in [-0.2, 0) is 7.05 Å². The first kappa shape index (κ1) is 16.2. The zero-order valence-corrected chi connectivity index (χ0v) is 13.8. The van der Waals surface area contributed by atoms with Gasteiger partial charge in [-0.1, -0.05) is 0 Å². The molecule has 0 spiro atoms. The molecule has 1 aliphatic heterocycles. The number of aromatic nitrogens is 1. The lowest BCUT2D eigenvalue weighted by atomic mass is 10.2. The maximum atomic E-state index is 13.0. The van der Waals surface area contributed by atoms with Crippen molar-refractivity contribution in [3.63, 3.8) is 0 Å². The molecule has 1 aromatic heterocycles. The summed E-state index contributed by atoms with van der Waals surface area (Å²) in [6.07, 6.45) is 0.776. The number of hydrogen-bond donors (Lipinski definition) is 0. The maximum Gasteiger partial charge on any atom is 0.270 e. The van der Waals surface area contributed by atoms with Gasteiger partial charge in [0, 0.05) is 50.2 Å². The van der Waals surface area contributed by atoms with Crippen LogP contribution in [0.25, 0.3) is 0 Å². The molecular formula is C18H20FN3O2. The lowest BCUT2D eigenvalue weighted by molar-refractivity contribution is 0.0737. The number of carbonyl (C=O) groups excluding carboxylic acids is 2. The summed E-state index contributed by atoms with van der Waals surface area (Å²) in [5, 5.41) is 0. The van der Waals surface area contributed by atoms with E-state index in [1.165, 1.54) is 12.1 Å². The molecule has 2 heterocycles. The third-order valence-corrected chi connectivity index (χ3v) is 4.68. The van der Waals surface area contributed by atoms with Crippen molar-refractivity contribution in [1.29, 1.82) is 0 Å². The summed E-state index contributed by atoms with van der Waals surface area (Å²) in [7, 11) is 1.80. The van der Waals surface area contributed by atoms with Crippen LogP contribution < -0.4 is 4.90 Å². The van der Waals surface area contributed by atoms with E-state index in [1.54, 1.807) is 34.7 Å². The van der Waals surface area contributed by atoms with Crippen LogP contribution in [-0.4, -0.2) is 47.8 Å². The smallest absolute Gasteiger partial charge is 0.270 e. The fourth-order valence-electron chi connectivity index (χ4n) is 3.03. The maximum absolute atomic E-state index is 13.0. The highest BCUT2D eigenvalue weighted by Crippen LogP contribution is 2.19. The second kappa shape index (κ2) is 6.47. The quantitative estimate of drug-likeness (QED) is 0.812. The van der Waals surface area contributed by atoms with E-state index in [0.717, 1.165) is 17.7 Å². The van der Waals surface area contributed by atoms with Crippen LogP contribution in [0.1, 0.15) is 26.5 Å². The molecule has 1 amide bonds. The van der Waals surface area contributed by atoms with Crippen molar-refractivity contribution in [2.24, 2.45) is 7.05 Å². The first-order chi connectivity index (χ1) is 11.5. The van der Waals surface area contributed by atoms with Crippen molar-refractivity contribution in [1.82, 2.24) is 9.47 Å². The molecule has 24 heavy (non-hydrogen) atoms. The number of rotatable bonds is 3. The van der Waals surface area contributed by atoms with Gasteiger partial charge < -0.3 is 14.4 Å². The molecule has 0 atom stereocenters. The molecule has 1 fully saturated rings. The largest absolute Gasteiger partial charge is 0.368 e. The minimum absolute atomic E-state index is 0.0625. The third-order valence-electron chi connectivity index (χ3n) is 4.68. The lowest BCUT2D eigenvalue weighted by Crippen LogP contribution is -2.49. The molecule has 1 saturated heterocycles. The van der Waals surface area contributed by atoms with Crippen LogP contribution >= 0.6 is 0 Å². The van der Waals surface area contributed by atoms with Gasteiger partial charge in [0.15, 0.2) is 6.29 Å². The van der Waals surface area contributed by atoms with Crippen molar-refractivity contribution in [3.05, 3.63) is 53.1 Å². The molecule has 126 valence electrons. The second-order valence-electron chi connectivity index (χ2n) is 6.00. The van der Waals surface area contributed by atoms with Crippen molar-refractivity contribution < 1.29 is 14.0 Å². The van der Waals surface area contributed by atoms with Crippen molar-refractivity contribution in [2.45, 2.75) is 6.92 Å². The number of halogens is 1. The Hall–Kier alpha value is -2.63. The van der Waals surface area contributed by atoms with E-state index in [0.29, 0.717) is 37.4 Å². The van der Waals surface area contributed by atoms with Crippen LogP contribution in [0.15, 0.2) is 30.3 Å². The Morgan fingerprint density at radius 3 is 2.29 bits per heavy atom. The molecule has 3 rings (SSSR count). The van der Waals surface area contributed by atoms with Gasteiger partial charge in [-0.25, -0.2) is 4.39 Å². The van der Waals surface area contributed by atoms with Crippen LogP contribution in [0, 0.1) is 12.7 Å². The number of amides is 1. The summed E-state index contributed by atoms with van der Waals surface area (Å²) in [6, 6.07) is 8.05. The van der Waals surface area contributed by atoms with Gasteiger partial charge >= 0.3 is 0 Å². The number of piperazine rings is 1. The summed E-state index contributed by atoms with van der Waals surface area (Å²) in [6.45, 7) is 4.41. The Morgan fingerprint density at radius 2 is 1.75 bits per heavy atom. The van der Waals surface area contributed by atoms with Crippen LogP contribution in [0.4, 0.5) is 10.1 Å².